The molecule has 0 saturated carbocycles. The zero-order valence-corrected chi connectivity index (χ0v) is 21.1. The molecule has 0 heterocycles. The Morgan fingerprint density at radius 3 is 1.67 bits per heavy atom. The molecule has 27 heavy (non-hydrogen) atoms. The Kier molecular flexibility index (Phi) is 13.3. The van der Waals surface area contributed by atoms with Gasteiger partial charge in [0, 0.05) is 0 Å². The fourth-order valence-corrected chi connectivity index (χ4v) is 6.21. The fraction of sp³-hybridized carbons (Fsp3) is 1.00. The van der Waals surface area contributed by atoms with E-state index in [1.807, 2.05) is 0 Å². The molecular weight excluding hydrogens is 324 g/mol. The van der Waals surface area contributed by atoms with Crippen LogP contribution in [0.1, 0.15) is 140 Å². The summed E-state index contributed by atoms with van der Waals surface area (Å²) in [7, 11) is 0. The van der Waals surface area contributed by atoms with Gasteiger partial charge in [0.25, 0.3) is 0 Å². The van der Waals surface area contributed by atoms with E-state index >= 15 is 0 Å². The van der Waals surface area contributed by atoms with Crippen LogP contribution in [-0.4, -0.2) is 0 Å². The molecule has 0 heteroatoms. The molecule has 0 aromatic heterocycles. The van der Waals surface area contributed by atoms with Crippen molar-refractivity contribution in [2.75, 3.05) is 0 Å². The molecule has 0 aromatic rings. The molecule has 0 amide bonds. The van der Waals surface area contributed by atoms with E-state index in [2.05, 4.69) is 69.2 Å². The van der Waals surface area contributed by atoms with Crippen molar-refractivity contribution < 1.29 is 0 Å². The van der Waals surface area contributed by atoms with Crippen LogP contribution in [0.2, 0.25) is 0 Å². The first kappa shape index (κ1) is 27.0. The Balaban J connectivity index is 6.31. The standard InChI is InChI=1S/C27H56/c1-11-15-17-20-25(26(8,9)10)27(21-22(5)6,23(7)14-4)24(18-13-3)19-16-12-2/h22-25H,11-21H2,1-10H3. The SMILES string of the molecule is CCCCCC(C(C)(C)C)C(CC(C)C)(C(C)CC)C(CCC)CCCC. The molecule has 0 radical (unpaired) electrons. The van der Waals surface area contributed by atoms with Gasteiger partial charge in [-0.25, -0.2) is 0 Å². The van der Waals surface area contributed by atoms with E-state index in [9.17, 15) is 0 Å². The quantitative estimate of drug-likeness (QED) is 0.248. The van der Waals surface area contributed by atoms with Crippen molar-refractivity contribution in [2.45, 2.75) is 140 Å². The van der Waals surface area contributed by atoms with Crippen molar-refractivity contribution >= 4 is 0 Å². The Bertz CT molecular complexity index is 348. The average Bonchev–Trinajstić information content (AvgIpc) is 2.58. The maximum atomic E-state index is 2.61. The van der Waals surface area contributed by atoms with E-state index in [4.69, 9.17) is 0 Å². The smallest absolute Gasteiger partial charge is 0.0208 e. The Morgan fingerprint density at radius 1 is 0.667 bits per heavy atom. The van der Waals surface area contributed by atoms with Crippen molar-refractivity contribution in [1.82, 2.24) is 0 Å². The number of unbranched alkanes of at least 4 members (excludes halogenated alkanes) is 3. The maximum Gasteiger partial charge on any atom is -0.0208 e. The Labute approximate surface area is 174 Å². The topological polar surface area (TPSA) is 0 Å². The van der Waals surface area contributed by atoms with Gasteiger partial charge in [-0.2, -0.15) is 0 Å². The van der Waals surface area contributed by atoms with Crippen molar-refractivity contribution in [3.63, 3.8) is 0 Å². The molecule has 0 aliphatic heterocycles. The third-order valence-electron chi connectivity index (χ3n) is 7.39. The molecule has 0 saturated heterocycles. The van der Waals surface area contributed by atoms with Gasteiger partial charge in [0.15, 0.2) is 0 Å². The van der Waals surface area contributed by atoms with Gasteiger partial charge in [0.2, 0.25) is 0 Å². The van der Waals surface area contributed by atoms with Gasteiger partial charge in [-0.1, -0.05) is 121 Å². The summed E-state index contributed by atoms with van der Waals surface area (Å²) < 4.78 is 0. The summed E-state index contributed by atoms with van der Waals surface area (Å²) in [5.74, 6) is 3.34. The van der Waals surface area contributed by atoms with Crippen LogP contribution in [0.3, 0.4) is 0 Å². The predicted molar refractivity (Wildman–Crippen MR) is 126 cm³/mol. The van der Waals surface area contributed by atoms with E-state index in [0.717, 1.165) is 23.7 Å². The van der Waals surface area contributed by atoms with Crippen LogP contribution in [0.15, 0.2) is 0 Å². The molecule has 0 aliphatic carbocycles. The molecule has 0 rings (SSSR count). The molecule has 0 fully saturated rings. The minimum atomic E-state index is 0.393. The minimum Gasteiger partial charge on any atom is -0.0654 e. The van der Waals surface area contributed by atoms with Crippen molar-refractivity contribution in [1.29, 1.82) is 0 Å². The molecular formula is C27H56. The number of hydrogen-bond acceptors (Lipinski definition) is 0. The molecule has 0 nitrogen and oxygen atoms in total. The summed E-state index contributed by atoms with van der Waals surface area (Å²) in [6.45, 7) is 24.8. The first-order chi connectivity index (χ1) is 12.6. The maximum absolute atomic E-state index is 2.61. The van der Waals surface area contributed by atoms with Gasteiger partial charge in [-0.15, -0.1) is 0 Å². The van der Waals surface area contributed by atoms with E-state index in [1.165, 1.54) is 70.6 Å². The molecule has 4 unspecified atom stereocenters. The highest BCUT2D eigenvalue weighted by Crippen LogP contribution is 2.58. The van der Waals surface area contributed by atoms with Crippen LogP contribution in [0, 0.1) is 34.5 Å². The van der Waals surface area contributed by atoms with Crippen LogP contribution in [0.5, 0.6) is 0 Å². The van der Waals surface area contributed by atoms with Crippen LogP contribution >= 0.6 is 0 Å². The number of hydrogen-bond donors (Lipinski definition) is 0. The van der Waals surface area contributed by atoms with Gasteiger partial charge in [0.05, 0.1) is 0 Å². The van der Waals surface area contributed by atoms with Gasteiger partial charge >= 0.3 is 0 Å². The second-order valence-electron chi connectivity index (χ2n) is 11.1. The molecule has 0 aromatic carbocycles. The van der Waals surface area contributed by atoms with Crippen molar-refractivity contribution in [3.05, 3.63) is 0 Å². The zero-order valence-electron chi connectivity index (χ0n) is 21.1. The molecule has 0 bridgehead atoms. The Hall–Kier alpha value is 0. The lowest BCUT2D eigenvalue weighted by molar-refractivity contribution is -0.0759. The van der Waals surface area contributed by atoms with E-state index in [-0.39, 0.29) is 0 Å². The summed E-state index contributed by atoms with van der Waals surface area (Å²) >= 11 is 0. The third-order valence-corrected chi connectivity index (χ3v) is 7.39. The summed E-state index contributed by atoms with van der Waals surface area (Å²) in [6.07, 6.45) is 15.3. The van der Waals surface area contributed by atoms with Crippen LogP contribution < -0.4 is 0 Å². The van der Waals surface area contributed by atoms with Gasteiger partial charge in [-0.3, -0.25) is 0 Å². The first-order valence-corrected chi connectivity index (χ1v) is 12.6. The zero-order chi connectivity index (χ0) is 21.1. The molecule has 0 N–H and O–H groups in total. The largest absolute Gasteiger partial charge is 0.0654 e. The molecule has 0 spiro atoms. The molecule has 0 aliphatic rings. The fourth-order valence-electron chi connectivity index (χ4n) is 6.21. The molecule has 4 atom stereocenters. The second kappa shape index (κ2) is 13.3. The van der Waals surface area contributed by atoms with E-state index in [0.29, 0.717) is 10.8 Å². The highest BCUT2D eigenvalue weighted by atomic mass is 14.6. The van der Waals surface area contributed by atoms with Crippen LogP contribution in [0.25, 0.3) is 0 Å². The lowest BCUT2D eigenvalue weighted by Gasteiger charge is -2.56. The highest BCUT2D eigenvalue weighted by Gasteiger charge is 2.51. The summed E-state index contributed by atoms with van der Waals surface area (Å²) in [6, 6.07) is 0. The number of rotatable bonds is 15. The summed E-state index contributed by atoms with van der Waals surface area (Å²) in [5.41, 5.74) is 0.893. The van der Waals surface area contributed by atoms with Gasteiger partial charge in [-0.05, 0) is 53.8 Å². The monoisotopic (exact) mass is 380 g/mol. The van der Waals surface area contributed by atoms with Gasteiger partial charge < -0.3 is 0 Å². The van der Waals surface area contributed by atoms with E-state index < -0.39 is 0 Å². The lowest BCUT2D eigenvalue weighted by Crippen LogP contribution is -2.49. The van der Waals surface area contributed by atoms with Crippen LogP contribution in [0.4, 0.5) is 0 Å². The van der Waals surface area contributed by atoms with Crippen LogP contribution in [-0.2, 0) is 0 Å². The normalized spacial score (nSPS) is 18.3. The average molecular weight is 381 g/mol. The highest BCUT2D eigenvalue weighted by molar-refractivity contribution is 4.99. The van der Waals surface area contributed by atoms with Gasteiger partial charge in [0.1, 0.15) is 0 Å². The first-order valence-electron chi connectivity index (χ1n) is 12.6. The summed E-state index contributed by atoms with van der Waals surface area (Å²) in [5, 5.41) is 0. The van der Waals surface area contributed by atoms with E-state index in [1.54, 1.807) is 0 Å². The predicted octanol–water partition coefficient (Wildman–Crippen LogP) is 9.91. The third kappa shape index (κ3) is 8.10. The lowest BCUT2D eigenvalue weighted by atomic mass is 9.48. The second-order valence-corrected chi connectivity index (χ2v) is 11.1. The van der Waals surface area contributed by atoms with Crippen molar-refractivity contribution in [3.8, 4) is 0 Å². The van der Waals surface area contributed by atoms with Crippen molar-refractivity contribution in [2.24, 2.45) is 34.5 Å². The molecule has 164 valence electrons. The Morgan fingerprint density at radius 2 is 1.26 bits per heavy atom. The summed E-state index contributed by atoms with van der Waals surface area (Å²) in [4.78, 5) is 0. The minimum absolute atomic E-state index is 0.393.